The topological polar surface area (TPSA) is 25.8 Å². The van der Waals surface area contributed by atoms with E-state index in [1.807, 2.05) is 0 Å². The summed E-state index contributed by atoms with van der Waals surface area (Å²) in [6.07, 6.45) is 1.52. The number of halogens is 2. The smallest absolute Gasteiger partial charge is 0.223 e. The quantitative estimate of drug-likeness (QED) is 0.598. The van der Waals surface area contributed by atoms with E-state index in [9.17, 15) is 0 Å². The summed E-state index contributed by atoms with van der Waals surface area (Å²) in [6, 6.07) is 6.24. The van der Waals surface area contributed by atoms with Gasteiger partial charge in [0.2, 0.25) is 5.28 Å². The van der Waals surface area contributed by atoms with Crippen molar-refractivity contribution in [3.8, 4) is 0 Å². The fourth-order valence-electron chi connectivity index (χ4n) is 1.42. The lowest BCUT2D eigenvalue weighted by Gasteiger charge is -2.07. The summed E-state index contributed by atoms with van der Waals surface area (Å²) in [5.74, 6) is 0. The molecule has 2 nitrogen and oxygen atoms in total. The molecule has 0 saturated heterocycles. The minimum Gasteiger partial charge on any atom is -0.225 e. The molecule has 17 heavy (non-hydrogen) atoms. The second-order valence-electron chi connectivity index (χ2n) is 3.66. The molecule has 1 aromatic heterocycles. The van der Waals surface area contributed by atoms with E-state index in [1.54, 1.807) is 0 Å². The van der Waals surface area contributed by atoms with Crippen molar-refractivity contribution in [3.05, 3.63) is 45.8 Å². The van der Waals surface area contributed by atoms with Gasteiger partial charge in [-0.15, -0.1) is 0 Å². The van der Waals surface area contributed by atoms with E-state index in [2.05, 4.69) is 42.0 Å². The first-order valence-electron chi connectivity index (χ1n) is 4.99. The van der Waals surface area contributed by atoms with Gasteiger partial charge in [-0.2, -0.15) is 0 Å². The highest BCUT2D eigenvalue weighted by Crippen LogP contribution is 2.33. The molecule has 2 aromatic rings. The minimum atomic E-state index is 0.210. The van der Waals surface area contributed by atoms with Crippen molar-refractivity contribution < 1.29 is 0 Å². The van der Waals surface area contributed by atoms with E-state index in [1.165, 1.54) is 29.1 Å². The Morgan fingerprint density at radius 1 is 1.18 bits per heavy atom. The monoisotopic (exact) mass is 284 g/mol. The lowest BCUT2D eigenvalue weighted by molar-refractivity contribution is 1.05. The average molecular weight is 285 g/mol. The highest BCUT2D eigenvalue weighted by molar-refractivity contribution is 7.99. The van der Waals surface area contributed by atoms with Crippen LogP contribution in [0.5, 0.6) is 0 Å². The van der Waals surface area contributed by atoms with E-state index in [0.717, 1.165) is 4.90 Å². The van der Waals surface area contributed by atoms with Crippen LogP contribution in [0.1, 0.15) is 11.1 Å². The van der Waals surface area contributed by atoms with Crippen molar-refractivity contribution in [2.24, 2.45) is 0 Å². The maximum atomic E-state index is 6.03. The second-order valence-corrected chi connectivity index (χ2v) is 5.44. The zero-order chi connectivity index (χ0) is 12.4. The lowest BCUT2D eigenvalue weighted by atomic mass is 10.2. The van der Waals surface area contributed by atoms with Crippen molar-refractivity contribution >= 4 is 35.0 Å². The van der Waals surface area contributed by atoms with Gasteiger partial charge in [0.05, 0.1) is 11.2 Å². The third-order valence-corrected chi connectivity index (χ3v) is 3.97. The van der Waals surface area contributed by atoms with Gasteiger partial charge in [0, 0.05) is 4.90 Å². The highest BCUT2D eigenvalue weighted by atomic mass is 35.5. The molecule has 0 aliphatic rings. The molecule has 0 N–H and O–H groups in total. The normalized spacial score (nSPS) is 10.6. The molecule has 5 heteroatoms. The van der Waals surface area contributed by atoms with Crippen molar-refractivity contribution in [2.75, 3.05) is 0 Å². The van der Waals surface area contributed by atoms with Gasteiger partial charge in [-0.25, -0.2) is 9.97 Å². The summed E-state index contributed by atoms with van der Waals surface area (Å²) in [5.41, 5.74) is 2.43. The van der Waals surface area contributed by atoms with Gasteiger partial charge < -0.3 is 0 Å². The summed E-state index contributed by atoms with van der Waals surface area (Å²) in [5, 5.41) is 1.40. The number of hydrogen-bond donors (Lipinski definition) is 0. The summed E-state index contributed by atoms with van der Waals surface area (Å²) >= 11 is 13.3. The van der Waals surface area contributed by atoms with Gasteiger partial charge in [0.1, 0.15) is 5.03 Å². The molecule has 0 bridgehead atoms. The summed E-state index contributed by atoms with van der Waals surface area (Å²) < 4.78 is 0. The fourth-order valence-corrected chi connectivity index (χ4v) is 2.66. The number of benzene rings is 1. The Morgan fingerprint density at radius 3 is 2.65 bits per heavy atom. The summed E-state index contributed by atoms with van der Waals surface area (Å²) in [6.45, 7) is 4.13. The SMILES string of the molecule is Cc1ccc(Sc2nc(Cl)ncc2Cl)c(C)c1. The highest BCUT2D eigenvalue weighted by Gasteiger charge is 2.08. The van der Waals surface area contributed by atoms with Crippen LogP contribution in [-0.4, -0.2) is 9.97 Å². The minimum absolute atomic E-state index is 0.210. The number of aromatic nitrogens is 2. The van der Waals surface area contributed by atoms with Crippen LogP contribution in [0.25, 0.3) is 0 Å². The molecule has 0 aliphatic heterocycles. The maximum absolute atomic E-state index is 6.03. The molecule has 0 spiro atoms. The first-order chi connectivity index (χ1) is 8.06. The maximum Gasteiger partial charge on any atom is 0.223 e. The third-order valence-electron chi connectivity index (χ3n) is 2.22. The van der Waals surface area contributed by atoms with Crippen molar-refractivity contribution in [1.29, 1.82) is 0 Å². The van der Waals surface area contributed by atoms with Crippen molar-refractivity contribution in [3.63, 3.8) is 0 Å². The number of rotatable bonds is 2. The van der Waals surface area contributed by atoms with E-state index < -0.39 is 0 Å². The molecule has 0 radical (unpaired) electrons. The predicted molar refractivity (Wildman–Crippen MR) is 72.1 cm³/mol. The van der Waals surface area contributed by atoms with Gasteiger partial charge in [-0.1, -0.05) is 41.1 Å². The zero-order valence-electron chi connectivity index (χ0n) is 9.37. The van der Waals surface area contributed by atoms with Crippen LogP contribution >= 0.6 is 35.0 Å². The Bertz CT molecular complexity index is 558. The van der Waals surface area contributed by atoms with E-state index >= 15 is 0 Å². The molecule has 0 fully saturated rings. The first kappa shape index (κ1) is 12.7. The molecule has 0 atom stereocenters. The molecule has 0 saturated carbocycles. The van der Waals surface area contributed by atoms with Crippen molar-refractivity contribution in [1.82, 2.24) is 9.97 Å². The Labute approximate surface area is 114 Å². The van der Waals surface area contributed by atoms with E-state index in [-0.39, 0.29) is 5.28 Å². The summed E-state index contributed by atoms with van der Waals surface area (Å²) in [7, 11) is 0. The van der Waals surface area contributed by atoms with Crippen LogP contribution in [0, 0.1) is 13.8 Å². The number of hydrogen-bond acceptors (Lipinski definition) is 3. The molecule has 0 aliphatic carbocycles. The van der Waals surface area contributed by atoms with E-state index in [4.69, 9.17) is 23.2 Å². The second kappa shape index (κ2) is 5.25. The molecule has 1 heterocycles. The first-order valence-corrected chi connectivity index (χ1v) is 6.56. The Morgan fingerprint density at radius 2 is 1.94 bits per heavy atom. The largest absolute Gasteiger partial charge is 0.225 e. The molecule has 0 unspecified atom stereocenters. The summed E-state index contributed by atoms with van der Waals surface area (Å²) in [4.78, 5) is 9.06. The van der Waals surface area contributed by atoms with Crippen LogP contribution in [0.3, 0.4) is 0 Å². The molecule has 0 amide bonds. The van der Waals surface area contributed by atoms with Crippen LogP contribution in [0.2, 0.25) is 10.3 Å². The van der Waals surface area contributed by atoms with Gasteiger partial charge in [-0.3, -0.25) is 0 Å². The fraction of sp³-hybridized carbons (Fsp3) is 0.167. The molecular formula is C12H10Cl2N2S. The standard InChI is InChI=1S/C12H10Cl2N2S/c1-7-3-4-10(8(2)5-7)17-11-9(13)6-15-12(14)16-11/h3-6H,1-2H3. The molecule has 1 aromatic carbocycles. The zero-order valence-corrected chi connectivity index (χ0v) is 11.7. The van der Waals surface area contributed by atoms with Gasteiger partial charge in [0.15, 0.2) is 0 Å². The Kier molecular flexibility index (Phi) is 3.92. The Hall–Kier alpha value is -0.770. The lowest BCUT2D eigenvalue weighted by Crippen LogP contribution is -1.88. The van der Waals surface area contributed by atoms with Gasteiger partial charge >= 0.3 is 0 Å². The van der Waals surface area contributed by atoms with Crippen LogP contribution in [0.4, 0.5) is 0 Å². The Balaban J connectivity index is 2.34. The van der Waals surface area contributed by atoms with Gasteiger partial charge in [-0.05, 0) is 37.1 Å². The molecule has 88 valence electrons. The van der Waals surface area contributed by atoms with Crippen LogP contribution in [-0.2, 0) is 0 Å². The molecule has 2 rings (SSSR count). The predicted octanol–water partition coefficient (Wildman–Crippen LogP) is 4.55. The van der Waals surface area contributed by atoms with Gasteiger partial charge in [0.25, 0.3) is 0 Å². The number of nitrogens with zero attached hydrogens (tertiary/aromatic N) is 2. The van der Waals surface area contributed by atoms with Crippen LogP contribution < -0.4 is 0 Å². The number of aryl methyl sites for hydroxylation is 2. The third kappa shape index (κ3) is 3.12. The average Bonchev–Trinajstić information content (AvgIpc) is 2.27. The van der Waals surface area contributed by atoms with Crippen LogP contribution in [0.15, 0.2) is 34.3 Å². The van der Waals surface area contributed by atoms with E-state index in [0.29, 0.717) is 10.0 Å². The molecular weight excluding hydrogens is 275 g/mol. The van der Waals surface area contributed by atoms with Crippen molar-refractivity contribution in [2.45, 2.75) is 23.8 Å².